The van der Waals surface area contributed by atoms with Crippen molar-refractivity contribution in [3.63, 3.8) is 0 Å². The van der Waals surface area contributed by atoms with E-state index in [0.717, 1.165) is 24.2 Å². The van der Waals surface area contributed by atoms with E-state index in [1.165, 1.54) is 24.0 Å². The zero-order valence-corrected chi connectivity index (χ0v) is 16.1. The molecule has 1 aliphatic rings. The Kier molecular flexibility index (Phi) is 4.94. The van der Waals surface area contributed by atoms with E-state index in [-0.39, 0.29) is 11.2 Å². The van der Waals surface area contributed by atoms with Crippen molar-refractivity contribution in [2.45, 2.75) is 26.3 Å². The zero-order chi connectivity index (χ0) is 19.0. The maximum atomic E-state index is 13.0. The van der Waals surface area contributed by atoms with Crippen LogP contribution in [0.4, 0.5) is 0 Å². The lowest BCUT2D eigenvalue weighted by molar-refractivity contribution is -0.922. The molecule has 0 bridgehead atoms. The van der Waals surface area contributed by atoms with Crippen molar-refractivity contribution in [1.29, 1.82) is 0 Å². The lowest BCUT2D eigenvalue weighted by atomic mass is 9.99. The monoisotopic (exact) mass is 384 g/mol. The molecule has 0 amide bonds. The summed E-state index contributed by atoms with van der Waals surface area (Å²) in [6.07, 6.45) is 3.93. The molecule has 1 unspecified atom stereocenters. The van der Waals surface area contributed by atoms with Crippen LogP contribution < -0.4 is 10.3 Å². The molecule has 1 aromatic heterocycles. The number of quaternary nitrogens is 1. The van der Waals surface area contributed by atoms with Gasteiger partial charge in [-0.25, -0.2) is 0 Å². The van der Waals surface area contributed by atoms with E-state index in [2.05, 4.69) is 6.92 Å². The quantitative estimate of drug-likeness (QED) is 0.725. The average Bonchev–Trinajstić information content (AvgIpc) is 2.65. The number of benzene rings is 2. The van der Waals surface area contributed by atoms with Gasteiger partial charge in [-0.15, -0.1) is 0 Å². The van der Waals surface area contributed by atoms with Gasteiger partial charge in [-0.1, -0.05) is 30.7 Å². The van der Waals surface area contributed by atoms with Crippen LogP contribution in [0.2, 0.25) is 5.02 Å². The third-order valence-electron chi connectivity index (χ3n) is 5.47. The van der Waals surface area contributed by atoms with Gasteiger partial charge >= 0.3 is 0 Å². The summed E-state index contributed by atoms with van der Waals surface area (Å²) in [5.74, 6) is 0.866. The van der Waals surface area contributed by atoms with Crippen LogP contribution in [-0.4, -0.2) is 18.2 Å². The van der Waals surface area contributed by atoms with Gasteiger partial charge in [0.2, 0.25) is 5.43 Å². The second-order valence-corrected chi connectivity index (χ2v) is 7.99. The van der Waals surface area contributed by atoms with Crippen molar-refractivity contribution in [2.75, 3.05) is 13.1 Å². The molecule has 1 saturated heterocycles. The number of hydrogen-bond donors (Lipinski definition) is 2. The fourth-order valence-electron chi connectivity index (χ4n) is 4.05. The summed E-state index contributed by atoms with van der Waals surface area (Å²) in [6, 6.07) is 10.4. The van der Waals surface area contributed by atoms with Crippen LogP contribution >= 0.6 is 11.6 Å². The largest absolute Gasteiger partial charge is 0.507 e. The number of phenols is 1. The van der Waals surface area contributed by atoms with Crippen molar-refractivity contribution in [3.05, 3.63) is 63.5 Å². The molecule has 0 saturated carbocycles. The van der Waals surface area contributed by atoms with E-state index in [1.54, 1.807) is 36.4 Å². The number of fused-ring (bicyclic) bond motifs is 1. The molecule has 2 N–H and O–H groups in total. The van der Waals surface area contributed by atoms with E-state index in [4.69, 9.17) is 16.0 Å². The average molecular weight is 385 g/mol. The van der Waals surface area contributed by atoms with Gasteiger partial charge in [0, 0.05) is 10.9 Å². The maximum absolute atomic E-state index is 13.0. The second kappa shape index (κ2) is 7.37. The molecule has 2 atom stereocenters. The molecule has 0 spiro atoms. The molecule has 140 valence electrons. The minimum atomic E-state index is -0.0955. The molecule has 1 fully saturated rings. The molecule has 2 heterocycles. The van der Waals surface area contributed by atoms with Crippen LogP contribution in [0.25, 0.3) is 22.1 Å². The Labute approximate surface area is 163 Å². The van der Waals surface area contributed by atoms with Crippen molar-refractivity contribution < 1.29 is 14.4 Å². The van der Waals surface area contributed by atoms with E-state index < -0.39 is 0 Å². The topological polar surface area (TPSA) is 54.9 Å². The lowest BCUT2D eigenvalue weighted by Crippen LogP contribution is -3.12. The summed E-state index contributed by atoms with van der Waals surface area (Å²) in [5, 5.41) is 11.5. The molecular formula is C22H23ClNO3+. The minimum absolute atomic E-state index is 0.0955. The normalized spacial score (nSPS) is 20.1. The fraction of sp³-hybridized carbons (Fsp3) is 0.318. The van der Waals surface area contributed by atoms with E-state index in [0.29, 0.717) is 34.0 Å². The Bertz CT molecular complexity index is 1030. The molecule has 5 heteroatoms. The van der Waals surface area contributed by atoms with Crippen LogP contribution in [0, 0.1) is 5.92 Å². The van der Waals surface area contributed by atoms with Gasteiger partial charge in [-0.05, 0) is 42.7 Å². The van der Waals surface area contributed by atoms with Crippen LogP contribution in [0.15, 0.2) is 51.9 Å². The molecule has 0 aliphatic carbocycles. The maximum Gasteiger partial charge on any atom is 0.200 e. The highest BCUT2D eigenvalue weighted by Gasteiger charge is 2.23. The highest BCUT2D eigenvalue weighted by molar-refractivity contribution is 6.30. The molecule has 3 aromatic rings. The Morgan fingerprint density at radius 3 is 2.74 bits per heavy atom. The van der Waals surface area contributed by atoms with Gasteiger partial charge in [0.1, 0.15) is 24.1 Å². The minimum Gasteiger partial charge on any atom is -0.507 e. The van der Waals surface area contributed by atoms with Crippen LogP contribution in [0.3, 0.4) is 0 Å². The Hall–Kier alpha value is -2.30. The number of nitrogens with one attached hydrogen (secondary N) is 1. The Morgan fingerprint density at radius 2 is 2.00 bits per heavy atom. The standard InChI is InChI=1S/C22H22ClNO3/c1-14-3-2-10-24(11-14)12-18-20(25)9-8-17-21(26)19(13-27-22(17)18)15-4-6-16(23)7-5-15/h4-9,13-14,25H,2-3,10-12H2,1H3/p+1/t14-/m1/s1. The molecule has 4 rings (SSSR count). The van der Waals surface area contributed by atoms with Crippen LogP contribution in [0.5, 0.6) is 5.75 Å². The highest BCUT2D eigenvalue weighted by Crippen LogP contribution is 2.28. The van der Waals surface area contributed by atoms with Gasteiger partial charge in [-0.3, -0.25) is 4.79 Å². The van der Waals surface area contributed by atoms with Gasteiger partial charge in [0.25, 0.3) is 0 Å². The van der Waals surface area contributed by atoms with E-state index in [9.17, 15) is 9.90 Å². The highest BCUT2D eigenvalue weighted by atomic mass is 35.5. The van der Waals surface area contributed by atoms with Crippen LogP contribution in [-0.2, 0) is 6.54 Å². The van der Waals surface area contributed by atoms with Gasteiger partial charge in [0.05, 0.1) is 29.6 Å². The number of likely N-dealkylation sites (tertiary alicyclic amines) is 1. The predicted octanol–water partition coefficient (Wildman–Crippen LogP) is 3.63. The summed E-state index contributed by atoms with van der Waals surface area (Å²) < 4.78 is 5.88. The van der Waals surface area contributed by atoms with E-state index in [1.807, 2.05) is 0 Å². The first kappa shape index (κ1) is 18.1. The third-order valence-corrected chi connectivity index (χ3v) is 5.72. The summed E-state index contributed by atoms with van der Waals surface area (Å²) >= 11 is 5.94. The number of aromatic hydroxyl groups is 1. The smallest absolute Gasteiger partial charge is 0.200 e. The molecule has 1 aliphatic heterocycles. The predicted molar refractivity (Wildman–Crippen MR) is 107 cm³/mol. The van der Waals surface area contributed by atoms with Crippen LogP contribution in [0.1, 0.15) is 25.3 Å². The molecule has 2 aromatic carbocycles. The third kappa shape index (κ3) is 3.60. The van der Waals surface area contributed by atoms with Crippen molar-refractivity contribution in [1.82, 2.24) is 0 Å². The van der Waals surface area contributed by atoms with Crippen molar-refractivity contribution >= 4 is 22.6 Å². The number of phenolic OH excluding ortho intramolecular Hbond substituents is 1. The molecule has 4 nitrogen and oxygen atoms in total. The Balaban J connectivity index is 1.77. The molecule has 0 radical (unpaired) electrons. The van der Waals surface area contributed by atoms with Gasteiger partial charge in [-0.2, -0.15) is 0 Å². The summed E-state index contributed by atoms with van der Waals surface area (Å²) in [4.78, 5) is 14.5. The number of hydrogen-bond acceptors (Lipinski definition) is 3. The number of rotatable bonds is 3. The summed E-state index contributed by atoms with van der Waals surface area (Å²) in [7, 11) is 0. The lowest BCUT2D eigenvalue weighted by Gasteiger charge is -2.28. The fourth-order valence-corrected chi connectivity index (χ4v) is 4.18. The molecule has 27 heavy (non-hydrogen) atoms. The first-order chi connectivity index (χ1) is 13.0. The van der Waals surface area contributed by atoms with Crippen molar-refractivity contribution in [3.8, 4) is 16.9 Å². The summed E-state index contributed by atoms with van der Waals surface area (Å²) in [5.41, 5.74) is 2.37. The van der Waals surface area contributed by atoms with Gasteiger partial charge in [0.15, 0.2) is 0 Å². The zero-order valence-electron chi connectivity index (χ0n) is 15.3. The SMILES string of the molecule is C[C@@H]1CCC[NH+](Cc2c(O)ccc3c(=O)c(-c4ccc(Cl)cc4)coc23)C1. The number of piperidine rings is 1. The first-order valence-corrected chi connectivity index (χ1v) is 9.76. The number of halogens is 1. The first-order valence-electron chi connectivity index (χ1n) is 9.39. The molecular weight excluding hydrogens is 362 g/mol. The van der Waals surface area contributed by atoms with E-state index >= 15 is 0 Å². The van der Waals surface area contributed by atoms with Gasteiger partial charge < -0.3 is 14.4 Å². The Morgan fingerprint density at radius 1 is 1.22 bits per heavy atom. The summed E-state index contributed by atoms with van der Waals surface area (Å²) in [6.45, 7) is 5.08. The van der Waals surface area contributed by atoms with Crippen molar-refractivity contribution in [2.24, 2.45) is 5.92 Å². The second-order valence-electron chi connectivity index (χ2n) is 7.55.